The van der Waals surface area contributed by atoms with Crippen LogP contribution in [-0.2, 0) is 28.2 Å². The van der Waals surface area contributed by atoms with Crippen molar-refractivity contribution in [2.45, 2.75) is 41.5 Å². The minimum atomic E-state index is -2.14. The van der Waals surface area contributed by atoms with Gasteiger partial charge in [0, 0.05) is 52.8 Å². The maximum absolute atomic E-state index is 7.92. The number of imidazole rings is 4. The lowest BCUT2D eigenvalue weighted by Gasteiger charge is -2.08. The molecule has 9 aromatic carbocycles. The number of aromatic nitrogens is 8. The third kappa shape index (κ3) is 8.10. The van der Waals surface area contributed by atoms with E-state index in [1.54, 1.807) is 6.07 Å². The third-order valence-electron chi connectivity index (χ3n) is 17.5. The molecule has 0 atom stereocenters. The summed E-state index contributed by atoms with van der Waals surface area (Å²) in [5.41, 5.74) is 18.8. The molecule has 0 fully saturated rings. The molecule has 0 saturated carbocycles. The zero-order valence-electron chi connectivity index (χ0n) is 52.0. The van der Waals surface area contributed by atoms with Gasteiger partial charge in [-0.15, -0.1) is 0 Å². The van der Waals surface area contributed by atoms with Crippen LogP contribution < -0.4 is 18.1 Å². The van der Waals surface area contributed by atoms with Crippen LogP contribution in [0.2, 0.25) is 0 Å². The van der Waals surface area contributed by atoms with Gasteiger partial charge >= 0.3 is 0 Å². The summed E-state index contributed by atoms with van der Waals surface area (Å²) in [6, 6.07) is 65.7. The van der Waals surface area contributed by atoms with Gasteiger partial charge in [0.2, 0.25) is 0 Å². The van der Waals surface area contributed by atoms with E-state index >= 15 is 0 Å². The van der Waals surface area contributed by atoms with Crippen molar-refractivity contribution in [1.82, 2.24) is 17.8 Å². The molecule has 0 saturated heterocycles. The van der Waals surface area contributed by atoms with Crippen molar-refractivity contribution >= 4 is 109 Å². The maximum atomic E-state index is 7.92. The van der Waals surface area contributed by atoms with Crippen LogP contribution in [0.5, 0.6) is 0 Å². The molecule has 0 aliphatic heterocycles. The van der Waals surface area contributed by atoms with Crippen molar-refractivity contribution < 1.29 is 22.2 Å². The molecule has 8 aromatic heterocycles. The third-order valence-corrected chi connectivity index (χ3v) is 17.5. The quantitative estimate of drug-likeness (QED) is 0.116. The number of para-hydroxylation sites is 2. The summed E-state index contributed by atoms with van der Waals surface area (Å²) in [5, 5.41) is 14.9. The van der Waals surface area contributed by atoms with Gasteiger partial charge < -0.3 is 0 Å². The van der Waals surface area contributed by atoms with Crippen molar-refractivity contribution in [3.8, 4) is 11.3 Å². The highest BCUT2D eigenvalue weighted by Gasteiger charge is 2.25. The summed E-state index contributed by atoms with van der Waals surface area (Å²) in [7, 11) is 8.40. The van der Waals surface area contributed by atoms with E-state index in [1.165, 1.54) is 115 Å². The predicted molar refractivity (Wildman–Crippen MR) is 348 cm³/mol. The second kappa shape index (κ2) is 20.4. The molecule has 0 bridgehead atoms. The Labute approximate surface area is 492 Å². The van der Waals surface area contributed by atoms with Crippen LogP contribution in [0.25, 0.3) is 121 Å². The van der Waals surface area contributed by atoms with Crippen LogP contribution in [-0.4, -0.2) is 17.8 Å². The number of benzene rings is 9. The predicted octanol–water partition coefficient (Wildman–Crippen LogP) is 15.8. The lowest BCUT2D eigenvalue weighted by molar-refractivity contribution is -0.643. The van der Waals surface area contributed by atoms with Crippen molar-refractivity contribution in [2.75, 3.05) is 0 Å². The zero-order valence-corrected chi connectivity index (χ0v) is 49.0. The standard InChI is InChI=1S/C23H19N2.2C18H17N2.C17H15N2/c1-16-9-8-13-19-18-12-6-7-14-20(18)25-15-21(17-10-4-3-5-11-17)24(2)23(25)22(16)19;2*1-12-7-5-9-15-16(12)14-8-4-6-13(2)17(14)18-19(3)10-11-20(15)18;1-12-6-5-8-14-13-7-3-4-9-15(13)19-11-10-18(2)17(19)16(12)14/h3-15H,1-2H3;2*4-11H,1-3H3;3-11H,1-2H3/q4*+1/i;1D3;;. The van der Waals surface area contributed by atoms with E-state index in [0.717, 1.165) is 32.9 Å². The molecule has 8 heteroatoms. The zero-order chi connectivity index (χ0) is 60.2. The first-order valence-electron chi connectivity index (χ1n) is 30.3. The highest BCUT2D eigenvalue weighted by atomic mass is 15.1. The lowest BCUT2D eigenvalue weighted by Crippen LogP contribution is -2.26. The number of aryl methyl sites for hydroxylation is 10. The Morgan fingerprint density at radius 2 is 0.702 bits per heavy atom. The number of hydrogen-bond donors (Lipinski definition) is 0. The van der Waals surface area contributed by atoms with Gasteiger partial charge in [-0.25, -0.2) is 18.3 Å². The Morgan fingerprint density at radius 3 is 1.24 bits per heavy atom. The summed E-state index contributed by atoms with van der Waals surface area (Å²) in [4.78, 5) is 0. The normalized spacial score (nSPS) is 12.4. The van der Waals surface area contributed by atoms with Crippen molar-refractivity contribution in [3.63, 3.8) is 0 Å². The number of fused-ring (bicyclic) bond motifs is 24. The van der Waals surface area contributed by atoms with Gasteiger partial charge in [0.05, 0.1) is 49.7 Å². The molecule has 0 aliphatic carbocycles. The number of hydrogen-bond acceptors (Lipinski definition) is 0. The van der Waals surface area contributed by atoms with Gasteiger partial charge in [-0.3, -0.25) is 0 Å². The van der Waals surface area contributed by atoms with E-state index in [0.29, 0.717) is 5.56 Å². The summed E-state index contributed by atoms with van der Waals surface area (Å²) in [5.74, 6) is 0. The van der Waals surface area contributed by atoms with Crippen molar-refractivity contribution in [1.29, 1.82) is 0 Å². The smallest absolute Gasteiger partial charge is 0.232 e. The molecule has 0 aliphatic rings. The average Bonchev–Trinajstić information content (AvgIpc) is 1.86. The van der Waals surface area contributed by atoms with Crippen LogP contribution in [0.3, 0.4) is 0 Å². The highest BCUT2D eigenvalue weighted by Crippen LogP contribution is 2.36. The topological polar surface area (TPSA) is 33.9 Å². The van der Waals surface area contributed by atoms with Gasteiger partial charge in [0.1, 0.15) is 65.4 Å². The van der Waals surface area contributed by atoms with Gasteiger partial charge in [0.15, 0.2) is 5.69 Å². The van der Waals surface area contributed by atoms with Crippen LogP contribution in [0.1, 0.15) is 37.5 Å². The van der Waals surface area contributed by atoms with Crippen LogP contribution >= 0.6 is 0 Å². The fourth-order valence-corrected chi connectivity index (χ4v) is 13.6. The van der Waals surface area contributed by atoms with E-state index in [1.807, 2.05) is 43.7 Å². The molecular formula is C76H68N8+4. The Kier molecular flexibility index (Phi) is 11.8. The second-order valence-corrected chi connectivity index (χ2v) is 22.6. The Balaban J connectivity index is 0.000000103. The summed E-state index contributed by atoms with van der Waals surface area (Å²) < 4.78 is 41.6. The molecule has 17 rings (SSSR count). The molecular weight excluding hydrogens is 1020 g/mol. The first kappa shape index (κ1) is 48.5. The molecule has 8 nitrogen and oxygen atoms in total. The number of pyridine rings is 4. The fourth-order valence-electron chi connectivity index (χ4n) is 13.6. The summed E-state index contributed by atoms with van der Waals surface area (Å²) in [6.07, 6.45) is 14.8. The summed E-state index contributed by atoms with van der Waals surface area (Å²) >= 11 is 0. The van der Waals surface area contributed by atoms with Crippen LogP contribution in [0.4, 0.5) is 0 Å². The molecule has 0 N–H and O–H groups in total. The van der Waals surface area contributed by atoms with Crippen LogP contribution in [0.15, 0.2) is 231 Å². The number of rotatable bonds is 1. The van der Waals surface area contributed by atoms with Crippen molar-refractivity contribution in [3.05, 3.63) is 265 Å². The van der Waals surface area contributed by atoms with Gasteiger partial charge in [-0.05, 0) is 99.1 Å². The Bertz CT molecular complexity index is 5630. The average molecular weight is 1100 g/mol. The molecule has 0 spiro atoms. The lowest BCUT2D eigenvalue weighted by atomic mass is 9.99. The summed E-state index contributed by atoms with van der Waals surface area (Å²) in [6.45, 7) is 8.70. The Hall–Kier alpha value is -10.2. The van der Waals surface area contributed by atoms with E-state index in [9.17, 15) is 0 Å². The Morgan fingerprint density at radius 1 is 0.333 bits per heavy atom. The first-order valence-corrected chi connectivity index (χ1v) is 28.8. The van der Waals surface area contributed by atoms with Gasteiger partial charge in [-0.2, -0.15) is 17.6 Å². The van der Waals surface area contributed by atoms with Gasteiger partial charge in [0.25, 0.3) is 22.6 Å². The molecule has 17 aromatic rings. The SMILES string of the molecule is Cc1cccc2c1c1cccc(C)c1c1n2cc[n+]1C.Cc1cccc2c3ccccc3[n+]3cc(-c4ccccc4)n(C)c3c12.Cc1cccc2c3ccccc3n3cc[n+](C)c3c12.[2H]C([2H])([2H])c1cccc2c1c1cccc(C)c1c1n2cc[n+]1C. The number of nitrogens with zero attached hydrogens (tertiary/aromatic N) is 8. The maximum Gasteiger partial charge on any atom is 0.295 e. The van der Waals surface area contributed by atoms with E-state index in [2.05, 4.69) is 280 Å². The first-order chi connectivity index (χ1) is 42.1. The van der Waals surface area contributed by atoms with E-state index < -0.39 is 6.85 Å². The highest BCUT2D eigenvalue weighted by molar-refractivity contribution is 6.15. The molecule has 0 amide bonds. The monoisotopic (exact) mass is 1100 g/mol. The minimum Gasteiger partial charge on any atom is -0.232 e. The molecule has 0 unspecified atom stereocenters. The largest absolute Gasteiger partial charge is 0.295 e. The van der Waals surface area contributed by atoms with Gasteiger partial charge in [-0.1, -0.05) is 164 Å². The van der Waals surface area contributed by atoms with E-state index in [-0.39, 0.29) is 0 Å². The molecule has 84 heavy (non-hydrogen) atoms. The minimum absolute atomic E-state index is 0.406. The molecule has 408 valence electrons. The molecule has 8 heterocycles. The van der Waals surface area contributed by atoms with Crippen molar-refractivity contribution in [2.24, 2.45) is 28.2 Å². The fraction of sp³-hybridized carbons (Fsp3) is 0.132. The van der Waals surface area contributed by atoms with Crippen LogP contribution in [0, 0.1) is 41.5 Å². The second-order valence-electron chi connectivity index (χ2n) is 22.6. The van der Waals surface area contributed by atoms with E-state index in [4.69, 9.17) is 4.11 Å². The molecule has 0 radical (unpaired) electrons.